The molecule has 2 heterocycles. The number of hydrogen-bond donors (Lipinski definition) is 0. The molecule has 0 saturated heterocycles. The van der Waals surface area contributed by atoms with E-state index in [1.54, 1.807) is 23.5 Å². The van der Waals surface area contributed by atoms with Crippen molar-refractivity contribution in [3.63, 3.8) is 0 Å². The molecule has 0 amide bonds. The third kappa shape index (κ3) is 2.98. The van der Waals surface area contributed by atoms with E-state index in [9.17, 15) is 9.18 Å². The molecule has 0 aliphatic carbocycles. The molecule has 0 spiro atoms. The highest BCUT2D eigenvalue weighted by atomic mass is 32.1. The smallest absolute Gasteiger partial charge is 0.195 e. The molecule has 5 heteroatoms. The highest BCUT2D eigenvalue weighted by Crippen LogP contribution is 2.36. The summed E-state index contributed by atoms with van der Waals surface area (Å²) in [5, 5.41) is 0. The fraction of sp³-hybridized carbons (Fsp3) is 0.182. The Morgan fingerprint density at radius 3 is 2.26 bits per heavy atom. The lowest BCUT2D eigenvalue weighted by atomic mass is 10.1. The van der Waals surface area contributed by atoms with E-state index in [2.05, 4.69) is 26.0 Å². The molecular weight excluding hydrogens is 359 g/mol. The molecule has 0 bridgehead atoms. The van der Waals surface area contributed by atoms with Crippen molar-refractivity contribution in [3.8, 4) is 22.5 Å². The molecule has 2 aromatic heterocycles. The SMILES string of the molecule is CCc1ccc(-c2nc3sc(CC)c(-c4ccc(F)cc4)n3c2C=O)cc1. The van der Waals surface area contributed by atoms with E-state index in [0.717, 1.165) is 45.8 Å². The molecule has 4 aromatic rings. The van der Waals surface area contributed by atoms with Gasteiger partial charge >= 0.3 is 0 Å². The predicted octanol–water partition coefficient (Wildman–Crippen LogP) is 5.81. The summed E-state index contributed by atoms with van der Waals surface area (Å²) in [4.78, 5) is 18.7. The Bertz CT molecular complexity index is 1110. The number of carbonyl (C=O) groups excluding carboxylic acids is 1. The molecule has 0 fully saturated rings. The summed E-state index contributed by atoms with van der Waals surface area (Å²) in [5.41, 5.74) is 5.19. The first-order chi connectivity index (χ1) is 13.2. The summed E-state index contributed by atoms with van der Waals surface area (Å²) >= 11 is 1.57. The number of benzene rings is 2. The lowest BCUT2D eigenvalue weighted by molar-refractivity contribution is 0.111. The third-order valence-electron chi connectivity index (χ3n) is 4.77. The Morgan fingerprint density at radius 2 is 1.67 bits per heavy atom. The van der Waals surface area contributed by atoms with E-state index in [1.165, 1.54) is 17.7 Å². The minimum Gasteiger partial charge on any atom is -0.296 e. The number of rotatable bonds is 5. The molecule has 27 heavy (non-hydrogen) atoms. The number of thiazole rings is 1. The van der Waals surface area contributed by atoms with Crippen LogP contribution in [0.15, 0.2) is 48.5 Å². The van der Waals surface area contributed by atoms with E-state index >= 15 is 0 Å². The number of hydrogen-bond acceptors (Lipinski definition) is 3. The summed E-state index contributed by atoms with van der Waals surface area (Å²) in [7, 11) is 0. The van der Waals surface area contributed by atoms with Crippen LogP contribution in [0.2, 0.25) is 0 Å². The van der Waals surface area contributed by atoms with E-state index in [4.69, 9.17) is 4.98 Å². The average Bonchev–Trinajstić information content (AvgIpc) is 3.24. The molecule has 0 radical (unpaired) electrons. The zero-order valence-corrected chi connectivity index (χ0v) is 16.0. The molecule has 4 rings (SSSR count). The highest BCUT2D eigenvalue weighted by Gasteiger charge is 2.21. The quantitative estimate of drug-likeness (QED) is 0.411. The van der Waals surface area contributed by atoms with Gasteiger partial charge < -0.3 is 0 Å². The molecule has 3 nitrogen and oxygen atoms in total. The van der Waals surface area contributed by atoms with Crippen LogP contribution < -0.4 is 0 Å². The first-order valence-corrected chi connectivity index (χ1v) is 9.82. The minimum atomic E-state index is -0.277. The van der Waals surface area contributed by atoms with Crippen molar-refractivity contribution >= 4 is 22.6 Å². The number of nitrogens with zero attached hydrogens (tertiary/aromatic N) is 2. The Balaban J connectivity index is 1.96. The number of aromatic nitrogens is 2. The van der Waals surface area contributed by atoms with Gasteiger partial charge in [-0.2, -0.15) is 0 Å². The molecule has 2 aromatic carbocycles. The molecule has 0 aliphatic rings. The van der Waals surface area contributed by atoms with Gasteiger partial charge in [-0.3, -0.25) is 9.20 Å². The van der Waals surface area contributed by atoms with Gasteiger partial charge in [0.05, 0.1) is 5.69 Å². The maximum absolute atomic E-state index is 13.4. The number of imidazole rings is 1. The zero-order chi connectivity index (χ0) is 19.0. The van der Waals surface area contributed by atoms with E-state index in [-0.39, 0.29) is 5.82 Å². The lowest BCUT2D eigenvalue weighted by Gasteiger charge is -2.06. The van der Waals surface area contributed by atoms with Crippen LogP contribution in [0.25, 0.3) is 27.5 Å². The number of fused-ring (bicyclic) bond motifs is 1. The first kappa shape index (κ1) is 17.6. The number of carbonyl (C=O) groups is 1. The van der Waals surface area contributed by atoms with Crippen molar-refractivity contribution in [3.05, 3.63) is 70.5 Å². The Kier molecular flexibility index (Phi) is 4.62. The van der Waals surface area contributed by atoms with Crippen molar-refractivity contribution in [2.75, 3.05) is 0 Å². The molecule has 0 N–H and O–H groups in total. The predicted molar refractivity (Wildman–Crippen MR) is 108 cm³/mol. The summed E-state index contributed by atoms with van der Waals surface area (Å²) in [6.07, 6.45) is 2.65. The van der Waals surface area contributed by atoms with Crippen molar-refractivity contribution in [2.45, 2.75) is 26.7 Å². The number of aldehydes is 1. The summed E-state index contributed by atoms with van der Waals surface area (Å²) in [6.45, 7) is 4.18. The fourth-order valence-electron chi connectivity index (χ4n) is 3.34. The van der Waals surface area contributed by atoms with Gasteiger partial charge in [-0.1, -0.05) is 38.1 Å². The van der Waals surface area contributed by atoms with Crippen molar-refractivity contribution in [2.24, 2.45) is 0 Å². The van der Waals surface area contributed by atoms with Crippen molar-refractivity contribution < 1.29 is 9.18 Å². The van der Waals surface area contributed by atoms with Crippen LogP contribution in [0.5, 0.6) is 0 Å². The monoisotopic (exact) mass is 378 g/mol. The topological polar surface area (TPSA) is 34.4 Å². The van der Waals surface area contributed by atoms with Gasteiger partial charge in [-0.15, -0.1) is 11.3 Å². The van der Waals surface area contributed by atoms with Gasteiger partial charge in [-0.05, 0) is 48.2 Å². The second kappa shape index (κ2) is 7.08. The van der Waals surface area contributed by atoms with Crippen LogP contribution in [0, 0.1) is 5.82 Å². The highest BCUT2D eigenvalue weighted by molar-refractivity contribution is 7.17. The van der Waals surface area contributed by atoms with Gasteiger partial charge in [0.2, 0.25) is 0 Å². The third-order valence-corrected chi connectivity index (χ3v) is 5.96. The zero-order valence-electron chi connectivity index (χ0n) is 15.2. The maximum Gasteiger partial charge on any atom is 0.195 e. The second-order valence-electron chi connectivity index (χ2n) is 6.37. The van der Waals surface area contributed by atoms with Crippen molar-refractivity contribution in [1.82, 2.24) is 9.38 Å². The first-order valence-electron chi connectivity index (χ1n) is 9.00. The van der Waals surface area contributed by atoms with Crippen LogP contribution in [0.3, 0.4) is 0 Å². The van der Waals surface area contributed by atoms with Crippen LogP contribution in [0.4, 0.5) is 4.39 Å². The number of halogens is 1. The van der Waals surface area contributed by atoms with Crippen LogP contribution >= 0.6 is 11.3 Å². The Labute approximate surface area is 161 Å². The molecule has 136 valence electrons. The van der Waals surface area contributed by atoms with Gasteiger partial charge in [0.1, 0.15) is 17.2 Å². The largest absolute Gasteiger partial charge is 0.296 e. The standard InChI is InChI=1S/C22H19FN2OS/c1-3-14-5-7-15(8-6-14)20-18(13-26)25-21(16-9-11-17(23)12-10-16)19(4-2)27-22(25)24-20/h5-13H,3-4H2,1-2H3. The van der Waals surface area contributed by atoms with Gasteiger partial charge in [0, 0.05) is 10.4 Å². The van der Waals surface area contributed by atoms with Crippen LogP contribution in [0.1, 0.15) is 34.8 Å². The average molecular weight is 378 g/mol. The van der Waals surface area contributed by atoms with Crippen molar-refractivity contribution in [1.29, 1.82) is 0 Å². The maximum atomic E-state index is 13.4. The van der Waals surface area contributed by atoms with Gasteiger partial charge in [0.25, 0.3) is 0 Å². The molecule has 0 aliphatic heterocycles. The van der Waals surface area contributed by atoms with E-state index in [1.807, 2.05) is 16.5 Å². The molecule has 0 unspecified atom stereocenters. The van der Waals surface area contributed by atoms with E-state index < -0.39 is 0 Å². The minimum absolute atomic E-state index is 0.277. The summed E-state index contributed by atoms with van der Waals surface area (Å²) in [5.74, 6) is -0.277. The summed E-state index contributed by atoms with van der Waals surface area (Å²) < 4.78 is 15.3. The second-order valence-corrected chi connectivity index (χ2v) is 7.43. The molecular formula is C22H19FN2OS. The molecule has 0 saturated carbocycles. The van der Waals surface area contributed by atoms with Crippen LogP contribution in [-0.4, -0.2) is 15.7 Å². The number of aryl methyl sites for hydroxylation is 2. The van der Waals surface area contributed by atoms with E-state index in [0.29, 0.717) is 11.4 Å². The summed E-state index contributed by atoms with van der Waals surface area (Å²) in [6, 6.07) is 14.5. The lowest BCUT2D eigenvalue weighted by Crippen LogP contribution is -1.96. The normalized spacial score (nSPS) is 11.2. The van der Waals surface area contributed by atoms with Crippen LogP contribution in [-0.2, 0) is 12.8 Å². The van der Waals surface area contributed by atoms with Gasteiger partial charge in [0.15, 0.2) is 11.2 Å². The Hall–Kier alpha value is -2.79. The van der Waals surface area contributed by atoms with Gasteiger partial charge in [-0.25, -0.2) is 9.37 Å². The Morgan fingerprint density at radius 1 is 1.00 bits per heavy atom. The molecule has 0 atom stereocenters. The fourth-order valence-corrected chi connectivity index (χ4v) is 4.42.